The van der Waals surface area contributed by atoms with E-state index in [9.17, 15) is 9.18 Å². The fourth-order valence-corrected chi connectivity index (χ4v) is 3.52. The first-order valence-corrected chi connectivity index (χ1v) is 10.6. The van der Waals surface area contributed by atoms with Crippen molar-refractivity contribution in [1.29, 1.82) is 0 Å². The van der Waals surface area contributed by atoms with Crippen LogP contribution in [0.25, 0.3) is 0 Å². The van der Waals surface area contributed by atoms with Crippen LogP contribution >= 0.6 is 0 Å². The minimum Gasteiger partial charge on any atom is -0.486 e. The van der Waals surface area contributed by atoms with Crippen molar-refractivity contribution in [2.45, 2.75) is 40.8 Å². The molecule has 0 saturated heterocycles. The zero-order chi connectivity index (χ0) is 23.5. The average Bonchev–Trinajstić information content (AvgIpc) is 3.29. The number of hydrogen-bond donors (Lipinski definition) is 1. The van der Waals surface area contributed by atoms with Gasteiger partial charge in [-0.2, -0.15) is 5.10 Å². The molecule has 0 spiro atoms. The Bertz CT molecular complexity index is 1290. The van der Waals surface area contributed by atoms with Crippen molar-refractivity contribution in [3.05, 3.63) is 93.9 Å². The Labute approximate surface area is 191 Å². The Hall–Kier alpha value is -3.94. The predicted octanol–water partition coefficient (Wildman–Crippen LogP) is 5.12. The third kappa shape index (κ3) is 4.79. The molecular formula is C25H25FN4O3. The van der Waals surface area contributed by atoms with Crippen LogP contribution in [0.5, 0.6) is 5.75 Å². The molecule has 0 radical (unpaired) electrons. The number of anilines is 1. The van der Waals surface area contributed by atoms with Crippen LogP contribution in [0.4, 0.5) is 10.1 Å². The largest absolute Gasteiger partial charge is 0.486 e. The van der Waals surface area contributed by atoms with Crippen LogP contribution in [0, 0.1) is 33.5 Å². The molecule has 0 unspecified atom stereocenters. The number of aromatic nitrogens is 3. The number of nitrogens with one attached hydrogen (secondary N) is 1. The monoisotopic (exact) mass is 448 g/mol. The molecule has 0 bridgehead atoms. The number of halogens is 1. The number of nitrogens with zero attached hydrogens (tertiary/aromatic N) is 3. The number of benzene rings is 2. The first-order valence-electron chi connectivity index (χ1n) is 10.6. The van der Waals surface area contributed by atoms with E-state index in [1.165, 1.54) is 17.7 Å². The van der Waals surface area contributed by atoms with E-state index in [4.69, 9.17) is 9.26 Å². The maximum Gasteiger partial charge on any atom is 0.278 e. The summed E-state index contributed by atoms with van der Waals surface area (Å²) in [5, 5.41) is 11.4. The number of para-hydroxylation sites is 1. The summed E-state index contributed by atoms with van der Waals surface area (Å²) in [5.74, 6) is -0.404. The van der Waals surface area contributed by atoms with Gasteiger partial charge >= 0.3 is 0 Å². The molecule has 33 heavy (non-hydrogen) atoms. The second-order valence-electron chi connectivity index (χ2n) is 7.93. The molecule has 1 N–H and O–H groups in total. The normalized spacial score (nSPS) is 10.9. The number of hydrogen-bond acceptors (Lipinski definition) is 5. The standard InChI is InChI=1S/C25H25FN4O3/c1-15-9-11-19(12-10-15)13-30-17(3)23(16(2)28-30)27-25(31)24-20(18(4)33-29-24)14-32-22-8-6-5-7-21(22)26/h5-12H,13-14H2,1-4H3,(H,27,31). The van der Waals surface area contributed by atoms with Gasteiger partial charge in [-0.05, 0) is 45.4 Å². The van der Waals surface area contributed by atoms with E-state index >= 15 is 0 Å². The van der Waals surface area contributed by atoms with E-state index in [-0.39, 0.29) is 18.1 Å². The van der Waals surface area contributed by atoms with Crippen molar-refractivity contribution >= 4 is 11.6 Å². The van der Waals surface area contributed by atoms with Gasteiger partial charge in [-0.25, -0.2) is 4.39 Å². The Balaban J connectivity index is 1.51. The van der Waals surface area contributed by atoms with E-state index in [0.29, 0.717) is 29.2 Å². The predicted molar refractivity (Wildman–Crippen MR) is 122 cm³/mol. The van der Waals surface area contributed by atoms with E-state index < -0.39 is 11.7 Å². The third-order valence-corrected chi connectivity index (χ3v) is 5.48. The summed E-state index contributed by atoms with van der Waals surface area (Å²) in [6, 6.07) is 14.3. The summed E-state index contributed by atoms with van der Waals surface area (Å²) in [6.45, 7) is 8.00. The fourth-order valence-electron chi connectivity index (χ4n) is 3.52. The molecule has 1 amide bonds. The van der Waals surface area contributed by atoms with Gasteiger partial charge in [0.1, 0.15) is 12.4 Å². The Morgan fingerprint density at radius 1 is 1.09 bits per heavy atom. The van der Waals surface area contributed by atoms with Crippen molar-refractivity contribution in [3.8, 4) is 5.75 Å². The van der Waals surface area contributed by atoms with Gasteiger partial charge in [0.25, 0.3) is 5.91 Å². The molecule has 0 aliphatic heterocycles. The van der Waals surface area contributed by atoms with E-state index in [2.05, 4.69) is 39.8 Å². The van der Waals surface area contributed by atoms with Crippen molar-refractivity contribution in [1.82, 2.24) is 14.9 Å². The van der Waals surface area contributed by atoms with Crippen molar-refractivity contribution in [2.75, 3.05) is 5.32 Å². The zero-order valence-corrected chi connectivity index (χ0v) is 19.0. The van der Waals surface area contributed by atoms with Crippen LogP contribution in [0.1, 0.15) is 44.3 Å². The van der Waals surface area contributed by atoms with Gasteiger partial charge < -0.3 is 14.6 Å². The second-order valence-corrected chi connectivity index (χ2v) is 7.93. The second kappa shape index (κ2) is 9.28. The topological polar surface area (TPSA) is 82.2 Å². The molecule has 2 heterocycles. The lowest BCUT2D eigenvalue weighted by molar-refractivity contribution is 0.101. The lowest BCUT2D eigenvalue weighted by Crippen LogP contribution is -2.16. The number of amides is 1. The maximum absolute atomic E-state index is 13.9. The van der Waals surface area contributed by atoms with Crippen LogP contribution in [0.15, 0.2) is 53.1 Å². The van der Waals surface area contributed by atoms with Gasteiger partial charge in [-0.1, -0.05) is 47.1 Å². The molecule has 2 aromatic heterocycles. The molecule has 4 rings (SSSR count). The summed E-state index contributed by atoms with van der Waals surface area (Å²) >= 11 is 0. The molecule has 2 aromatic carbocycles. The van der Waals surface area contributed by atoms with Gasteiger partial charge in [0.2, 0.25) is 0 Å². The SMILES string of the molecule is Cc1ccc(Cn2nc(C)c(NC(=O)c3noc(C)c3COc3ccccc3F)c2C)cc1. The average molecular weight is 448 g/mol. The van der Waals surface area contributed by atoms with Crippen LogP contribution in [-0.4, -0.2) is 20.8 Å². The highest BCUT2D eigenvalue weighted by molar-refractivity contribution is 6.04. The number of ether oxygens (including phenoxy) is 1. The van der Waals surface area contributed by atoms with Gasteiger partial charge in [-0.15, -0.1) is 0 Å². The highest BCUT2D eigenvalue weighted by Crippen LogP contribution is 2.24. The Morgan fingerprint density at radius 2 is 1.82 bits per heavy atom. The van der Waals surface area contributed by atoms with E-state index in [1.807, 2.05) is 25.5 Å². The quantitative estimate of drug-likeness (QED) is 0.424. The summed E-state index contributed by atoms with van der Waals surface area (Å²) in [4.78, 5) is 13.0. The molecule has 8 heteroatoms. The Kier molecular flexibility index (Phi) is 6.26. The highest BCUT2D eigenvalue weighted by Gasteiger charge is 2.23. The fraction of sp³-hybridized carbons (Fsp3) is 0.240. The Morgan fingerprint density at radius 3 is 2.55 bits per heavy atom. The van der Waals surface area contributed by atoms with Crippen molar-refractivity contribution in [3.63, 3.8) is 0 Å². The van der Waals surface area contributed by atoms with Crippen molar-refractivity contribution in [2.24, 2.45) is 0 Å². The lowest BCUT2D eigenvalue weighted by Gasteiger charge is -2.09. The highest BCUT2D eigenvalue weighted by atomic mass is 19.1. The van der Waals surface area contributed by atoms with Crippen LogP contribution in [0.2, 0.25) is 0 Å². The molecule has 0 aliphatic carbocycles. The minimum absolute atomic E-state index is 0.0519. The number of rotatable bonds is 7. The molecule has 0 aliphatic rings. The molecule has 0 saturated carbocycles. The van der Waals surface area contributed by atoms with E-state index in [0.717, 1.165) is 11.3 Å². The molecule has 0 fully saturated rings. The lowest BCUT2D eigenvalue weighted by atomic mass is 10.1. The van der Waals surface area contributed by atoms with Crippen molar-refractivity contribution < 1.29 is 18.4 Å². The maximum atomic E-state index is 13.9. The molecule has 4 aromatic rings. The molecular weight excluding hydrogens is 423 g/mol. The molecule has 0 atom stereocenters. The van der Waals surface area contributed by atoms with Crippen LogP contribution in [-0.2, 0) is 13.2 Å². The van der Waals surface area contributed by atoms with E-state index in [1.54, 1.807) is 19.1 Å². The first kappa shape index (κ1) is 22.3. The van der Waals surface area contributed by atoms with Gasteiger partial charge in [-0.3, -0.25) is 9.48 Å². The third-order valence-electron chi connectivity index (χ3n) is 5.48. The minimum atomic E-state index is -0.482. The smallest absolute Gasteiger partial charge is 0.278 e. The van der Waals surface area contributed by atoms with Gasteiger partial charge in [0.05, 0.1) is 29.2 Å². The van der Waals surface area contributed by atoms with Crippen LogP contribution < -0.4 is 10.1 Å². The number of carbonyl (C=O) groups is 1. The number of aryl methyl sites for hydroxylation is 3. The summed E-state index contributed by atoms with van der Waals surface area (Å²) in [5.41, 5.74) is 4.99. The summed E-state index contributed by atoms with van der Waals surface area (Å²) in [7, 11) is 0. The van der Waals surface area contributed by atoms with Gasteiger partial charge in [0.15, 0.2) is 17.3 Å². The van der Waals surface area contributed by atoms with Gasteiger partial charge in [0, 0.05) is 0 Å². The first-order chi connectivity index (χ1) is 15.8. The number of carbonyl (C=O) groups excluding carboxylic acids is 1. The zero-order valence-electron chi connectivity index (χ0n) is 19.0. The summed E-state index contributed by atoms with van der Waals surface area (Å²) in [6.07, 6.45) is 0. The summed E-state index contributed by atoms with van der Waals surface area (Å²) < 4.78 is 26.5. The van der Waals surface area contributed by atoms with Crippen LogP contribution in [0.3, 0.4) is 0 Å². The molecule has 170 valence electrons. The molecule has 7 nitrogen and oxygen atoms in total.